The van der Waals surface area contributed by atoms with Gasteiger partial charge in [-0.1, -0.05) is 0 Å². The van der Waals surface area contributed by atoms with Crippen LogP contribution in [0.4, 0.5) is 4.79 Å². The lowest BCUT2D eigenvalue weighted by molar-refractivity contribution is 0.213. The Morgan fingerprint density at radius 2 is 2.17 bits per heavy atom. The van der Waals surface area contributed by atoms with Gasteiger partial charge in [-0.3, -0.25) is 0 Å². The third kappa shape index (κ3) is 3.77. The zero-order valence-corrected chi connectivity index (χ0v) is 11.0. The predicted octanol–water partition coefficient (Wildman–Crippen LogP) is 1.48. The Morgan fingerprint density at radius 3 is 2.78 bits per heavy atom. The lowest BCUT2D eigenvalue weighted by Gasteiger charge is -2.29. The van der Waals surface area contributed by atoms with Gasteiger partial charge >= 0.3 is 6.03 Å². The van der Waals surface area contributed by atoms with E-state index in [1.807, 2.05) is 19.1 Å². The van der Waals surface area contributed by atoms with Gasteiger partial charge in [0.05, 0.1) is 6.54 Å². The average Bonchev–Trinajstić information content (AvgIpc) is 2.76. The van der Waals surface area contributed by atoms with Gasteiger partial charge in [-0.2, -0.15) is 0 Å². The molecule has 0 radical (unpaired) electrons. The maximum Gasteiger partial charge on any atom is 0.315 e. The number of carbonyl (C=O) groups is 1. The summed E-state index contributed by atoms with van der Waals surface area (Å²) in [5, 5.41) is 5.81. The number of aryl methyl sites for hydroxylation is 1. The molecule has 1 aromatic rings. The summed E-state index contributed by atoms with van der Waals surface area (Å²) in [6, 6.07) is 3.95. The molecule has 0 aliphatic carbocycles. The molecule has 100 valence electrons. The van der Waals surface area contributed by atoms with E-state index in [0.717, 1.165) is 37.5 Å². The van der Waals surface area contributed by atoms with E-state index in [1.54, 1.807) is 0 Å². The highest BCUT2D eigenvalue weighted by Gasteiger charge is 2.18. The molecule has 1 aliphatic rings. The van der Waals surface area contributed by atoms with E-state index in [1.165, 1.54) is 0 Å². The molecule has 0 atom stereocenters. The maximum absolute atomic E-state index is 11.7. The van der Waals surface area contributed by atoms with Crippen molar-refractivity contribution < 1.29 is 9.21 Å². The van der Waals surface area contributed by atoms with Crippen LogP contribution in [0.5, 0.6) is 0 Å². The molecular formula is C13H21N3O2. The fraction of sp³-hybridized carbons (Fsp3) is 0.615. The number of carbonyl (C=O) groups excluding carboxylic acids is 1. The minimum absolute atomic E-state index is 0.112. The Kier molecular flexibility index (Phi) is 4.25. The second kappa shape index (κ2) is 5.91. The van der Waals surface area contributed by atoms with Gasteiger partial charge in [0.15, 0.2) is 0 Å². The second-order valence-electron chi connectivity index (χ2n) is 4.92. The first kappa shape index (κ1) is 13.0. The van der Waals surface area contributed by atoms with Crippen LogP contribution in [0.1, 0.15) is 24.4 Å². The highest BCUT2D eigenvalue weighted by atomic mass is 16.3. The van der Waals surface area contributed by atoms with Crippen LogP contribution < -0.4 is 10.6 Å². The van der Waals surface area contributed by atoms with Crippen LogP contribution in [0.15, 0.2) is 16.5 Å². The summed E-state index contributed by atoms with van der Waals surface area (Å²) >= 11 is 0. The largest absolute Gasteiger partial charge is 0.465 e. The van der Waals surface area contributed by atoms with Gasteiger partial charge in [-0.15, -0.1) is 0 Å². The second-order valence-corrected chi connectivity index (χ2v) is 4.92. The van der Waals surface area contributed by atoms with Gasteiger partial charge in [0.1, 0.15) is 11.5 Å². The SMILES string of the molecule is Cc1ccc(CNC(=O)NC2CCN(C)CC2)o1. The van der Waals surface area contributed by atoms with Crippen molar-refractivity contribution in [3.8, 4) is 0 Å². The van der Waals surface area contributed by atoms with E-state index in [0.29, 0.717) is 12.6 Å². The molecule has 0 spiro atoms. The number of urea groups is 1. The van der Waals surface area contributed by atoms with Crippen LogP contribution in [-0.4, -0.2) is 37.1 Å². The van der Waals surface area contributed by atoms with E-state index in [4.69, 9.17) is 4.42 Å². The fourth-order valence-electron chi connectivity index (χ4n) is 2.14. The van der Waals surface area contributed by atoms with Gasteiger partial charge in [-0.25, -0.2) is 4.79 Å². The Morgan fingerprint density at radius 1 is 1.44 bits per heavy atom. The number of nitrogens with one attached hydrogen (secondary N) is 2. The number of piperidine rings is 1. The summed E-state index contributed by atoms with van der Waals surface area (Å²) in [7, 11) is 2.11. The fourth-order valence-corrected chi connectivity index (χ4v) is 2.14. The topological polar surface area (TPSA) is 57.5 Å². The van der Waals surface area contributed by atoms with Crippen LogP contribution in [0.25, 0.3) is 0 Å². The molecule has 0 aromatic carbocycles. The highest BCUT2D eigenvalue weighted by Crippen LogP contribution is 2.08. The maximum atomic E-state index is 11.7. The lowest BCUT2D eigenvalue weighted by atomic mass is 10.1. The molecule has 0 bridgehead atoms. The average molecular weight is 251 g/mol. The Hall–Kier alpha value is -1.49. The summed E-state index contributed by atoms with van der Waals surface area (Å²) in [4.78, 5) is 14.0. The molecule has 2 rings (SSSR count). The summed E-state index contributed by atoms with van der Waals surface area (Å²) in [6.45, 7) is 4.42. The first-order valence-electron chi connectivity index (χ1n) is 6.42. The van der Waals surface area contributed by atoms with Crippen molar-refractivity contribution in [2.24, 2.45) is 0 Å². The Balaban J connectivity index is 1.69. The Labute approximate surface area is 108 Å². The first-order chi connectivity index (χ1) is 8.63. The van der Waals surface area contributed by atoms with Crippen molar-refractivity contribution in [3.63, 3.8) is 0 Å². The smallest absolute Gasteiger partial charge is 0.315 e. The molecule has 1 aliphatic heterocycles. The predicted molar refractivity (Wildman–Crippen MR) is 69.3 cm³/mol. The summed E-state index contributed by atoms with van der Waals surface area (Å²) in [6.07, 6.45) is 2.04. The third-order valence-corrected chi connectivity index (χ3v) is 3.27. The molecule has 1 aromatic heterocycles. The summed E-state index contributed by atoms with van der Waals surface area (Å²) in [5.41, 5.74) is 0. The number of likely N-dealkylation sites (tertiary alicyclic amines) is 1. The van der Waals surface area contributed by atoms with E-state index in [-0.39, 0.29) is 6.03 Å². The molecule has 1 saturated heterocycles. The van der Waals surface area contributed by atoms with E-state index in [2.05, 4.69) is 22.6 Å². The zero-order valence-electron chi connectivity index (χ0n) is 11.0. The normalized spacial score (nSPS) is 17.7. The molecule has 2 amide bonds. The van der Waals surface area contributed by atoms with Gasteiger partial charge in [0.25, 0.3) is 0 Å². The summed E-state index contributed by atoms with van der Waals surface area (Å²) < 4.78 is 5.39. The highest BCUT2D eigenvalue weighted by molar-refractivity contribution is 5.74. The van der Waals surface area contributed by atoms with Gasteiger partial charge in [0, 0.05) is 6.04 Å². The standard InChI is InChI=1S/C13H21N3O2/c1-10-3-4-12(18-10)9-14-13(17)15-11-5-7-16(2)8-6-11/h3-4,11H,5-9H2,1-2H3,(H2,14,15,17). The van der Waals surface area contributed by atoms with Crippen LogP contribution >= 0.6 is 0 Å². The number of hydrogen-bond donors (Lipinski definition) is 2. The quantitative estimate of drug-likeness (QED) is 0.855. The van der Waals surface area contributed by atoms with Crippen molar-refractivity contribution in [1.29, 1.82) is 0 Å². The zero-order chi connectivity index (χ0) is 13.0. The molecule has 2 N–H and O–H groups in total. The molecular weight excluding hydrogens is 230 g/mol. The third-order valence-electron chi connectivity index (χ3n) is 3.27. The minimum Gasteiger partial charge on any atom is -0.465 e. The van der Waals surface area contributed by atoms with E-state index < -0.39 is 0 Å². The van der Waals surface area contributed by atoms with Crippen LogP contribution in [0.3, 0.4) is 0 Å². The molecule has 5 nitrogen and oxygen atoms in total. The van der Waals surface area contributed by atoms with Crippen molar-refractivity contribution in [2.75, 3.05) is 20.1 Å². The van der Waals surface area contributed by atoms with E-state index in [9.17, 15) is 4.79 Å². The molecule has 0 saturated carbocycles. The molecule has 18 heavy (non-hydrogen) atoms. The van der Waals surface area contributed by atoms with Crippen LogP contribution in [0, 0.1) is 6.92 Å². The monoisotopic (exact) mass is 251 g/mol. The van der Waals surface area contributed by atoms with Crippen LogP contribution in [-0.2, 0) is 6.54 Å². The van der Waals surface area contributed by atoms with Gasteiger partial charge in [-0.05, 0) is 52.0 Å². The molecule has 0 unspecified atom stereocenters. The van der Waals surface area contributed by atoms with Gasteiger partial charge < -0.3 is 20.0 Å². The number of amides is 2. The lowest BCUT2D eigenvalue weighted by Crippen LogP contribution is -2.46. The van der Waals surface area contributed by atoms with Crippen molar-refractivity contribution in [3.05, 3.63) is 23.7 Å². The van der Waals surface area contributed by atoms with Gasteiger partial charge in [0.2, 0.25) is 0 Å². The molecule has 2 heterocycles. The van der Waals surface area contributed by atoms with Crippen molar-refractivity contribution in [1.82, 2.24) is 15.5 Å². The van der Waals surface area contributed by atoms with Crippen molar-refractivity contribution in [2.45, 2.75) is 32.4 Å². The number of hydrogen-bond acceptors (Lipinski definition) is 3. The van der Waals surface area contributed by atoms with Crippen molar-refractivity contribution >= 4 is 6.03 Å². The molecule has 1 fully saturated rings. The number of rotatable bonds is 3. The number of nitrogens with zero attached hydrogens (tertiary/aromatic N) is 1. The minimum atomic E-state index is -0.112. The molecule has 5 heteroatoms. The number of furan rings is 1. The van der Waals surface area contributed by atoms with Crippen LogP contribution in [0.2, 0.25) is 0 Å². The Bertz CT molecular complexity index is 395. The summed E-state index contributed by atoms with van der Waals surface area (Å²) in [5.74, 6) is 1.65. The first-order valence-corrected chi connectivity index (χ1v) is 6.42. The van der Waals surface area contributed by atoms with E-state index >= 15 is 0 Å².